The molecule has 20 heavy (non-hydrogen) atoms. The Hall–Kier alpha value is -1.56. The molecule has 2 heterocycles. The molecule has 0 bridgehead atoms. The van der Waals surface area contributed by atoms with E-state index in [1.54, 1.807) is 19.0 Å². The van der Waals surface area contributed by atoms with Crippen molar-refractivity contribution < 1.29 is 4.79 Å². The molecule has 1 aliphatic heterocycles. The van der Waals surface area contributed by atoms with Crippen LogP contribution in [0.5, 0.6) is 0 Å². The zero-order valence-corrected chi connectivity index (χ0v) is 12.7. The smallest absolute Gasteiger partial charge is 0.316 e. The quantitative estimate of drug-likeness (QED) is 0.836. The first-order chi connectivity index (χ1) is 9.63. The molecule has 2 rings (SSSR count). The second-order valence-corrected chi connectivity index (χ2v) is 5.38. The number of aryl methyl sites for hydroxylation is 1. The van der Waals surface area contributed by atoms with Crippen LogP contribution in [0.3, 0.4) is 0 Å². The summed E-state index contributed by atoms with van der Waals surface area (Å²) in [5.41, 5.74) is 2.52. The molecule has 0 saturated carbocycles. The number of nitrogens with one attached hydrogen (secondary N) is 2. The van der Waals surface area contributed by atoms with Crippen LogP contribution in [0.25, 0.3) is 0 Å². The number of aromatic nitrogens is 2. The van der Waals surface area contributed by atoms with Gasteiger partial charge in [0.15, 0.2) is 0 Å². The van der Waals surface area contributed by atoms with Gasteiger partial charge in [0.1, 0.15) is 5.82 Å². The molecule has 1 aliphatic rings. The van der Waals surface area contributed by atoms with Crippen LogP contribution >= 0.6 is 0 Å². The van der Waals surface area contributed by atoms with Crippen molar-refractivity contribution in [2.24, 2.45) is 0 Å². The minimum atomic E-state index is -0.0438. The van der Waals surface area contributed by atoms with Gasteiger partial charge >= 0.3 is 6.03 Å². The van der Waals surface area contributed by atoms with Crippen LogP contribution in [-0.2, 0) is 25.9 Å². The van der Waals surface area contributed by atoms with Gasteiger partial charge in [-0.25, -0.2) is 9.78 Å². The van der Waals surface area contributed by atoms with Gasteiger partial charge in [-0.2, -0.15) is 0 Å². The molecule has 0 atom stereocenters. The fraction of sp³-hybridized carbons (Fsp3) is 0.714. The molecular formula is C14H25N5O. The highest BCUT2D eigenvalue weighted by molar-refractivity contribution is 5.73. The van der Waals surface area contributed by atoms with Crippen LogP contribution in [0.1, 0.15) is 30.6 Å². The Morgan fingerprint density at radius 1 is 1.50 bits per heavy atom. The van der Waals surface area contributed by atoms with E-state index in [9.17, 15) is 4.79 Å². The van der Waals surface area contributed by atoms with E-state index in [2.05, 4.69) is 22.1 Å². The summed E-state index contributed by atoms with van der Waals surface area (Å²) in [7, 11) is 3.51. The van der Waals surface area contributed by atoms with Gasteiger partial charge in [-0.05, 0) is 6.42 Å². The zero-order chi connectivity index (χ0) is 14.5. The zero-order valence-electron chi connectivity index (χ0n) is 12.7. The molecular weight excluding hydrogens is 254 g/mol. The third kappa shape index (κ3) is 3.30. The second-order valence-electron chi connectivity index (χ2n) is 5.38. The predicted octanol–water partition coefficient (Wildman–Crippen LogP) is 0.753. The van der Waals surface area contributed by atoms with E-state index >= 15 is 0 Å². The third-order valence-corrected chi connectivity index (χ3v) is 3.56. The number of rotatable bonds is 5. The molecule has 1 aromatic heterocycles. The van der Waals surface area contributed by atoms with Crippen LogP contribution < -0.4 is 10.6 Å². The van der Waals surface area contributed by atoms with Gasteiger partial charge in [0.05, 0.1) is 5.69 Å². The Morgan fingerprint density at radius 3 is 3.00 bits per heavy atom. The monoisotopic (exact) mass is 279 g/mol. The fourth-order valence-corrected chi connectivity index (χ4v) is 2.54. The Kier molecular flexibility index (Phi) is 5.00. The molecule has 6 nitrogen and oxygen atoms in total. The van der Waals surface area contributed by atoms with Gasteiger partial charge in [0.2, 0.25) is 0 Å². The number of urea groups is 1. The lowest BCUT2D eigenvalue weighted by molar-refractivity contribution is 0.217. The van der Waals surface area contributed by atoms with Crippen molar-refractivity contribution in [3.05, 3.63) is 17.2 Å². The lowest BCUT2D eigenvalue weighted by atomic mass is 10.2. The van der Waals surface area contributed by atoms with Gasteiger partial charge in [0.25, 0.3) is 0 Å². The standard InChI is InChI=1S/C14H25N5O/c1-4-5-13-17-11-10-15-7-6-12(11)19(13)9-8-16-14(20)18(2)3/h15H,4-10H2,1-3H3,(H,16,20). The largest absolute Gasteiger partial charge is 0.336 e. The molecule has 0 saturated heterocycles. The van der Waals surface area contributed by atoms with Crippen LogP contribution in [0.15, 0.2) is 0 Å². The van der Waals surface area contributed by atoms with Crippen LogP contribution in [0, 0.1) is 0 Å². The Balaban J connectivity index is 2.05. The van der Waals surface area contributed by atoms with E-state index < -0.39 is 0 Å². The molecule has 1 aromatic rings. The maximum Gasteiger partial charge on any atom is 0.316 e. The number of imidazole rings is 1. The van der Waals surface area contributed by atoms with Crippen molar-refractivity contribution in [1.82, 2.24) is 25.1 Å². The van der Waals surface area contributed by atoms with Gasteiger partial charge < -0.3 is 20.1 Å². The maximum absolute atomic E-state index is 11.6. The topological polar surface area (TPSA) is 62.2 Å². The van der Waals surface area contributed by atoms with Crippen LogP contribution in [0.4, 0.5) is 4.79 Å². The van der Waals surface area contributed by atoms with E-state index in [0.717, 1.165) is 44.7 Å². The number of amides is 2. The Labute approximate surface area is 120 Å². The van der Waals surface area contributed by atoms with Crippen molar-refractivity contribution in [2.45, 2.75) is 39.3 Å². The minimum absolute atomic E-state index is 0.0438. The summed E-state index contributed by atoms with van der Waals surface area (Å²) in [6.07, 6.45) is 3.11. The average Bonchev–Trinajstić information content (AvgIpc) is 2.77. The van der Waals surface area contributed by atoms with E-state index in [1.807, 2.05) is 0 Å². The predicted molar refractivity (Wildman–Crippen MR) is 78.7 cm³/mol. The third-order valence-electron chi connectivity index (χ3n) is 3.56. The van der Waals surface area contributed by atoms with E-state index in [-0.39, 0.29) is 6.03 Å². The summed E-state index contributed by atoms with van der Waals surface area (Å²) in [5.74, 6) is 1.15. The summed E-state index contributed by atoms with van der Waals surface area (Å²) < 4.78 is 2.30. The molecule has 0 aromatic carbocycles. The molecule has 6 heteroatoms. The first-order valence-corrected chi connectivity index (χ1v) is 7.36. The van der Waals surface area contributed by atoms with E-state index in [1.165, 1.54) is 11.4 Å². The average molecular weight is 279 g/mol. The molecule has 0 fully saturated rings. The van der Waals surface area contributed by atoms with Gasteiger partial charge in [0, 0.05) is 58.8 Å². The first kappa shape index (κ1) is 14.8. The second kappa shape index (κ2) is 6.74. The van der Waals surface area contributed by atoms with Crippen LogP contribution in [0.2, 0.25) is 0 Å². The molecule has 2 amide bonds. The van der Waals surface area contributed by atoms with Crippen molar-refractivity contribution in [2.75, 3.05) is 27.2 Å². The number of nitrogens with zero attached hydrogens (tertiary/aromatic N) is 3. The summed E-state index contributed by atoms with van der Waals surface area (Å²) in [6.45, 7) is 5.49. The Bertz CT molecular complexity index is 466. The van der Waals surface area contributed by atoms with E-state index in [4.69, 9.17) is 4.98 Å². The van der Waals surface area contributed by atoms with Gasteiger partial charge in [-0.1, -0.05) is 6.92 Å². The van der Waals surface area contributed by atoms with Crippen LogP contribution in [-0.4, -0.2) is 47.7 Å². The van der Waals surface area contributed by atoms with Crippen molar-refractivity contribution >= 4 is 6.03 Å². The summed E-state index contributed by atoms with van der Waals surface area (Å²) in [5, 5.41) is 6.28. The lowest BCUT2D eigenvalue weighted by Gasteiger charge is -2.17. The van der Waals surface area contributed by atoms with E-state index in [0.29, 0.717) is 6.54 Å². The lowest BCUT2D eigenvalue weighted by Crippen LogP contribution is -2.36. The Morgan fingerprint density at radius 2 is 2.30 bits per heavy atom. The highest BCUT2D eigenvalue weighted by Gasteiger charge is 2.19. The molecule has 0 radical (unpaired) electrons. The number of hydrogen-bond acceptors (Lipinski definition) is 3. The summed E-state index contributed by atoms with van der Waals surface area (Å²) in [4.78, 5) is 17.9. The number of fused-ring (bicyclic) bond motifs is 1. The highest BCUT2D eigenvalue weighted by Crippen LogP contribution is 2.17. The van der Waals surface area contributed by atoms with Gasteiger partial charge in [-0.3, -0.25) is 0 Å². The minimum Gasteiger partial charge on any atom is -0.336 e. The molecule has 0 unspecified atom stereocenters. The normalized spacial score (nSPS) is 13.9. The van der Waals surface area contributed by atoms with Crippen molar-refractivity contribution in [3.63, 3.8) is 0 Å². The number of carbonyl (C=O) groups is 1. The van der Waals surface area contributed by atoms with Gasteiger partial charge in [-0.15, -0.1) is 0 Å². The summed E-state index contributed by atoms with van der Waals surface area (Å²) in [6, 6.07) is -0.0438. The molecule has 0 aliphatic carbocycles. The first-order valence-electron chi connectivity index (χ1n) is 7.36. The maximum atomic E-state index is 11.6. The number of hydrogen-bond donors (Lipinski definition) is 2. The summed E-state index contributed by atoms with van der Waals surface area (Å²) >= 11 is 0. The highest BCUT2D eigenvalue weighted by atomic mass is 16.2. The van der Waals surface area contributed by atoms with Crippen molar-refractivity contribution in [1.29, 1.82) is 0 Å². The molecule has 0 spiro atoms. The molecule has 2 N–H and O–H groups in total. The number of carbonyl (C=O) groups excluding carboxylic acids is 1. The van der Waals surface area contributed by atoms with Crippen molar-refractivity contribution in [3.8, 4) is 0 Å². The fourth-order valence-electron chi connectivity index (χ4n) is 2.54. The SMILES string of the molecule is CCCc1nc2c(n1CCNC(=O)N(C)C)CCNC2. The molecule has 112 valence electrons.